The van der Waals surface area contributed by atoms with Gasteiger partial charge in [-0.15, -0.1) is 0 Å². The van der Waals surface area contributed by atoms with Crippen molar-refractivity contribution in [2.24, 2.45) is 4.99 Å². The number of carboxylic acids is 1. The molecule has 6 heteroatoms. The van der Waals surface area contributed by atoms with Crippen molar-refractivity contribution in [2.45, 2.75) is 0 Å². The second-order valence-corrected chi connectivity index (χ2v) is 3.96. The molecule has 0 radical (unpaired) electrons. The van der Waals surface area contributed by atoms with Crippen molar-refractivity contribution in [1.82, 2.24) is 5.16 Å². The van der Waals surface area contributed by atoms with Crippen molar-refractivity contribution >= 4 is 11.9 Å². The zero-order chi connectivity index (χ0) is 13.2. The van der Waals surface area contributed by atoms with Crippen LogP contribution < -0.4 is 0 Å². The van der Waals surface area contributed by atoms with Crippen LogP contribution in [0.4, 0.5) is 0 Å². The smallest absolute Gasteiger partial charge is 0.358 e. The summed E-state index contributed by atoms with van der Waals surface area (Å²) < 4.78 is 10.5. The minimum atomic E-state index is -1.12. The first kappa shape index (κ1) is 11.5. The summed E-state index contributed by atoms with van der Waals surface area (Å²) in [5, 5.41) is 12.4. The first-order chi connectivity index (χ1) is 9.25. The molecular formula is C13H10N2O4. The lowest BCUT2D eigenvalue weighted by molar-refractivity contribution is 0.0686. The summed E-state index contributed by atoms with van der Waals surface area (Å²) in [6, 6.07) is 8.74. The van der Waals surface area contributed by atoms with Gasteiger partial charge in [0.2, 0.25) is 5.90 Å². The fourth-order valence-corrected chi connectivity index (χ4v) is 1.89. The number of nitrogens with zero attached hydrogens (tertiary/aromatic N) is 2. The van der Waals surface area contributed by atoms with E-state index in [1.807, 2.05) is 24.3 Å². The summed E-state index contributed by atoms with van der Waals surface area (Å²) >= 11 is 0. The maximum absolute atomic E-state index is 10.8. The molecule has 2 aromatic rings. The lowest BCUT2D eigenvalue weighted by Crippen LogP contribution is -2.02. The molecule has 1 N–H and O–H groups in total. The third-order valence-corrected chi connectivity index (χ3v) is 2.74. The SMILES string of the molecule is O=C(O)c1cc(-c2ccccc2C2=NCCO2)on1. The lowest BCUT2D eigenvalue weighted by atomic mass is 10.0. The average molecular weight is 258 g/mol. The second-order valence-electron chi connectivity index (χ2n) is 3.96. The van der Waals surface area contributed by atoms with Crippen LogP contribution in [-0.4, -0.2) is 35.3 Å². The highest BCUT2D eigenvalue weighted by Gasteiger charge is 2.19. The van der Waals surface area contributed by atoms with E-state index in [2.05, 4.69) is 10.1 Å². The Morgan fingerprint density at radius 2 is 2.05 bits per heavy atom. The number of hydrogen-bond donors (Lipinski definition) is 1. The number of aromatic nitrogens is 1. The highest BCUT2D eigenvalue weighted by molar-refractivity contribution is 6.01. The van der Waals surface area contributed by atoms with E-state index in [9.17, 15) is 4.79 Å². The number of carbonyl (C=O) groups is 1. The molecule has 2 heterocycles. The number of aromatic carboxylic acids is 1. The van der Waals surface area contributed by atoms with Crippen LogP contribution in [0.3, 0.4) is 0 Å². The van der Waals surface area contributed by atoms with Crippen LogP contribution >= 0.6 is 0 Å². The number of ether oxygens (including phenoxy) is 1. The van der Waals surface area contributed by atoms with Crippen LogP contribution in [0.5, 0.6) is 0 Å². The van der Waals surface area contributed by atoms with Crippen molar-refractivity contribution in [1.29, 1.82) is 0 Å². The van der Waals surface area contributed by atoms with Crippen LogP contribution in [-0.2, 0) is 4.74 Å². The third kappa shape index (κ3) is 2.08. The molecule has 1 aliphatic rings. The van der Waals surface area contributed by atoms with Crippen molar-refractivity contribution in [2.75, 3.05) is 13.2 Å². The Hall–Kier alpha value is -2.63. The van der Waals surface area contributed by atoms with Gasteiger partial charge in [0.05, 0.1) is 6.54 Å². The molecule has 0 bridgehead atoms. The number of rotatable bonds is 3. The van der Waals surface area contributed by atoms with Gasteiger partial charge < -0.3 is 14.4 Å². The van der Waals surface area contributed by atoms with Gasteiger partial charge in [0.15, 0.2) is 11.5 Å². The Morgan fingerprint density at radius 1 is 1.26 bits per heavy atom. The molecule has 3 rings (SSSR count). The first-order valence-electron chi connectivity index (χ1n) is 5.73. The molecule has 0 fully saturated rings. The molecule has 0 spiro atoms. The fourth-order valence-electron chi connectivity index (χ4n) is 1.89. The molecule has 96 valence electrons. The van der Waals surface area contributed by atoms with Crippen LogP contribution in [0.15, 0.2) is 39.8 Å². The fraction of sp³-hybridized carbons (Fsp3) is 0.154. The Kier molecular flexibility index (Phi) is 2.75. The van der Waals surface area contributed by atoms with Crippen molar-refractivity contribution < 1.29 is 19.2 Å². The van der Waals surface area contributed by atoms with Crippen molar-refractivity contribution in [3.63, 3.8) is 0 Å². The van der Waals surface area contributed by atoms with Gasteiger partial charge in [0, 0.05) is 17.2 Å². The highest BCUT2D eigenvalue weighted by atomic mass is 16.5. The molecule has 0 atom stereocenters. The van der Waals surface area contributed by atoms with E-state index in [-0.39, 0.29) is 5.69 Å². The summed E-state index contributed by atoms with van der Waals surface area (Å²) in [6.07, 6.45) is 0. The van der Waals surface area contributed by atoms with Gasteiger partial charge in [-0.1, -0.05) is 23.4 Å². The predicted molar refractivity (Wildman–Crippen MR) is 66.3 cm³/mol. The maximum atomic E-state index is 10.8. The summed E-state index contributed by atoms with van der Waals surface area (Å²) in [6.45, 7) is 1.18. The molecule has 19 heavy (non-hydrogen) atoms. The molecule has 1 aromatic heterocycles. The molecular weight excluding hydrogens is 248 g/mol. The largest absolute Gasteiger partial charge is 0.476 e. The van der Waals surface area contributed by atoms with E-state index in [4.69, 9.17) is 14.4 Å². The van der Waals surface area contributed by atoms with Gasteiger partial charge in [0.25, 0.3) is 0 Å². The van der Waals surface area contributed by atoms with E-state index < -0.39 is 5.97 Å². The lowest BCUT2D eigenvalue weighted by Gasteiger charge is -2.05. The second kappa shape index (κ2) is 4.56. The molecule has 1 aromatic carbocycles. The molecule has 6 nitrogen and oxygen atoms in total. The number of hydrogen-bond acceptors (Lipinski definition) is 5. The Bertz CT molecular complexity index is 660. The van der Waals surface area contributed by atoms with Crippen LogP contribution in [0.1, 0.15) is 16.1 Å². The number of aliphatic imine (C=N–C) groups is 1. The molecule has 0 amide bonds. The van der Waals surface area contributed by atoms with Crippen molar-refractivity contribution in [3.8, 4) is 11.3 Å². The summed E-state index contributed by atoms with van der Waals surface area (Å²) in [4.78, 5) is 15.1. The zero-order valence-corrected chi connectivity index (χ0v) is 9.87. The van der Waals surface area contributed by atoms with E-state index in [1.54, 1.807) is 0 Å². The van der Waals surface area contributed by atoms with Gasteiger partial charge in [-0.2, -0.15) is 0 Å². The van der Waals surface area contributed by atoms with Gasteiger partial charge in [-0.25, -0.2) is 9.79 Å². The Labute approximate surface area is 108 Å². The molecule has 0 unspecified atom stereocenters. The quantitative estimate of drug-likeness (QED) is 0.907. The normalized spacial score (nSPS) is 14.0. The van der Waals surface area contributed by atoms with Crippen molar-refractivity contribution in [3.05, 3.63) is 41.6 Å². The van der Waals surface area contributed by atoms with Gasteiger partial charge >= 0.3 is 5.97 Å². The van der Waals surface area contributed by atoms with Gasteiger partial charge in [-0.05, 0) is 6.07 Å². The van der Waals surface area contributed by atoms with Gasteiger partial charge in [0.1, 0.15) is 6.61 Å². The van der Waals surface area contributed by atoms with E-state index in [1.165, 1.54) is 6.07 Å². The minimum absolute atomic E-state index is 0.126. The predicted octanol–water partition coefficient (Wildman–Crippen LogP) is 1.82. The van der Waals surface area contributed by atoms with Gasteiger partial charge in [-0.3, -0.25) is 0 Å². The van der Waals surface area contributed by atoms with Crippen LogP contribution in [0, 0.1) is 0 Å². The summed E-state index contributed by atoms with van der Waals surface area (Å²) in [5.74, 6) is -0.197. The standard InChI is InChI=1S/C13H10N2O4/c16-13(17)10-7-11(19-15-10)8-3-1-2-4-9(8)12-14-5-6-18-12/h1-4,7H,5-6H2,(H,16,17). The van der Waals surface area contributed by atoms with E-state index in [0.29, 0.717) is 30.4 Å². The first-order valence-corrected chi connectivity index (χ1v) is 5.73. The molecule has 0 saturated heterocycles. The zero-order valence-electron chi connectivity index (χ0n) is 9.87. The molecule has 0 aliphatic carbocycles. The van der Waals surface area contributed by atoms with E-state index in [0.717, 1.165) is 5.56 Å². The average Bonchev–Trinajstić information content (AvgIpc) is 3.10. The highest BCUT2D eigenvalue weighted by Crippen LogP contribution is 2.26. The number of benzene rings is 1. The maximum Gasteiger partial charge on any atom is 0.358 e. The Morgan fingerprint density at radius 3 is 2.68 bits per heavy atom. The summed E-state index contributed by atoms with van der Waals surface area (Å²) in [5.41, 5.74) is 1.36. The molecule has 1 aliphatic heterocycles. The minimum Gasteiger partial charge on any atom is -0.476 e. The van der Waals surface area contributed by atoms with Crippen LogP contribution in [0.2, 0.25) is 0 Å². The van der Waals surface area contributed by atoms with Crippen LogP contribution in [0.25, 0.3) is 11.3 Å². The third-order valence-electron chi connectivity index (χ3n) is 2.74. The monoisotopic (exact) mass is 258 g/mol. The topological polar surface area (TPSA) is 84.9 Å². The Balaban J connectivity index is 2.06. The van der Waals surface area contributed by atoms with E-state index >= 15 is 0 Å². The molecule has 0 saturated carbocycles. The number of carboxylic acid groups (broad SMARTS) is 1. The summed E-state index contributed by atoms with van der Waals surface area (Å²) in [7, 11) is 0.